The molecule has 3 heterocycles. The normalized spacial score (nSPS) is 30.6. The molecule has 0 radical (unpaired) electrons. The summed E-state index contributed by atoms with van der Waals surface area (Å²) in [6.07, 6.45) is 1.06. The van der Waals surface area contributed by atoms with E-state index >= 15 is 0 Å². The largest absolute Gasteiger partial charge is 0.391 e. The Labute approximate surface area is 115 Å². The van der Waals surface area contributed by atoms with Crippen LogP contribution >= 0.6 is 11.8 Å². The first kappa shape index (κ1) is 13.4. The molecular formula is C12H18N2O4S. The number of aliphatic hydroxyl groups is 1. The molecule has 106 valence electrons. The van der Waals surface area contributed by atoms with E-state index in [0.29, 0.717) is 24.9 Å². The van der Waals surface area contributed by atoms with Crippen LogP contribution < -0.4 is 0 Å². The Hall–Kier alpha value is -0.630. The first-order valence-electron chi connectivity index (χ1n) is 6.48. The Bertz CT molecular complexity index is 433. The molecule has 6 nitrogen and oxygen atoms in total. The third-order valence-electron chi connectivity index (χ3n) is 3.91. The topological polar surface area (TPSA) is 77.6 Å². The van der Waals surface area contributed by atoms with Gasteiger partial charge in [0.1, 0.15) is 5.60 Å². The number of aliphatic hydroxyl groups excluding tert-OH is 1. The molecule has 1 N–H and O–H groups in total. The van der Waals surface area contributed by atoms with E-state index in [9.17, 15) is 5.11 Å². The molecule has 2 unspecified atom stereocenters. The van der Waals surface area contributed by atoms with E-state index < -0.39 is 11.7 Å². The number of thioether (sulfide) groups is 1. The first-order valence-corrected chi connectivity index (χ1v) is 7.63. The van der Waals surface area contributed by atoms with Gasteiger partial charge < -0.3 is 19.1 Å². The minimum atomic E-state index is -0.503. The lowest BCUT2D eigenvalue weighted by atomic mass is 9.93. The molecular weight excluding hydrogens is 268 g/mol. The highest BCUT2D eigenvalue weighted by Crippen LogP contribution is 2.36. The zero-order valence-corrected chi connectivity index (χ0v) is 11.7. The van der Waals surface area contributed by atoms with Gasteiger partial charge in [0.15, 0.2) is 0 Å². The lowest BCUT2D eigenvalue weighted by molar-refractivity contribution is -0.101. The molecule has 1 aromatic rings. The van der Waals surface area contributed by atoms with Gasteiger partial charge in [0.2, 0.25) is 11.7 Å². The van der Waals surface area contributed by atoms with Crippen LogP contribution in [0, 0.1) is 0 Å². The Kier molecular flexibility index (Phi) is 3.79. The molecule has 2 saturated heterocycles. The molecule has 3 rings (SSSR count). The summed E-state index contributed by atoms with van der Waals surface area (Å²) in [6.45, 7) is 1.28. The van der Waals surface area contributed by atoms with Gasteiger partial charge in [-0.25, -0.2) is 0 Å². The Balaban J connectivity index is 1.83. The second-order valence-corrected chi connectivity index (χ2v) is 6.05. The Morgan fingerprint density at radius 2 is 2.16 bits per heavy atom. The summed E-state index contributed by atoms with van der Waals surface area (Å²) in [5.41, 5.74) is -0.503. The van der Waals surface area contributed by atoms with Crippen molar-refractivity contribution in [3.05, 3.63) is 11.7 Å². The van der Waals surface area contributed by atoms with Crippen molar-refractivity contribution >= 4 is 11.8 Å². The molecule has 2 fully saturated rings. The maximum absolute atomic E-state index is 9.88. The number of methoxy groups -OCH3 is 1. The molecule has 0 aliphatic carbocycles. The van der Waals surface area contributed by atoms with Gasteiger partial charge >= 0.3 is 0 Å². The molecule has 2 aliphatic rings. The van der Waals surface area contributed by atoms with Crippen molar-refractivity contribution in [3.63, 3.8) is 0 Å². The van der Waals surface area contributed by atoms with Gasteiger partial charge in [0.05, 0.1) is 12.0 Å². The summed E-state index contributed by atoms with van der Waals surface area (Å²) in [5.74, 6) is 2.60. The van der Waals surface area contributed by atoms with Crippen LogP contribution in [0.2, 0.25) is 0 Å². The third-order valence-corrected chi connectivity index (χ3v) is 5.08. The van der Waals surface area contributed by atoms with E-state index in [2.05, 4.69) is 10.1 Å². The smallest absolute Gasteiger partial charge is 0.233 e. The molecule has 2 atom stereocenters. The molecule has 1 aromatic heterocycles. The summed E-state index contributed by atoms with van der Waals surface area (Å²) < 4.78 is 16.3. The van der Waals surface area contributed by atoms with E-state index in [-0.39, 0.29) is 5.92 Å². The monoisotopic (exact) mass is 286 g/mol. The highest BCUT2D eigenvalue weighted by molar-refractivity contribution is 7.99. The number of ether oxygens (including phenoxy) is 2. The molecule has 0 aromatic carbocycles. The predicted molar refractivity (Wildman–Crippen MR) is 69.1 cm³/mol. The van der Waals surface area contributed by atoms with Crippen LogP contribution in [-0.4, -0.2) is 53.2 Å². The van der Waals surface area contributed by atoms with Crippen LogP contribution in [0.3, 0.4) is 0 Å². The quantitative estimate of drug-likeness (QED) is 0.885. The Morgan fingerprint density at radius 1 is 1.37 bits per heavy atom. The van der Waals surface area contributed by atoms with E-state index in [4.69, 9.17) is 14.0 Å². The molecule has 7 heteroatoms. The van der Waals surface area contributed by atoms with Crippen LogP contribution in [0.15, 0.2) is 4.52 Å². The highest BCUT2D eigenvalue weighted by atomic mass is 32.2. The van der Waals surface area contributed by atoms with E-state index in [0.717, 1.165) is 24.3 Å². The van der Waals surface area contributed by atoms with Crippen molar-refractivity contribution in [1.29, 1.82) is 0 Å². The van der Waals surface area contributed by atoms with E-state index in [1.165, 1.54) is 0 Å². The fourth-order valence-corrected chi connectivity index (χ4v) is 3.80. The molecule has 0 spiro atoms. The van der Waals surface area contributed by atoms with Crippen LogP contribution in [0.25, 0.3) is 0 Å². The van der Waals surface area contributed by atoms with Crippen molar-refractivity contribution in [2.45, 2.75) is 30.5 Å². The van der Waals surface area contributed by atoms with Gasteiger partial charge in [-0.3, -0.25) is 0 Å². The van der Waals surface area contributed by atoms with Gasteiger partial charge in [0, 0.05) is 44.7 Å². The molecule has 0 bridgehead atoms. The maximum atomic E-state index is 9.88. The second-order valence-electron chi connectivity index (χ2n) is 4.98. The minimum absolute atomic E-state index is 0.0556. The summed E-state index contributed by atoms with van der Waals surface area (Å²) in [7, 11) is 1.67. The number of hydrogen-bond acceptors (Lipinski definition) is 7. The Morgan fingerprint density at radius 3 is 2.79 bits per heavy atom. The number of hydrogen-bond donors (Lipinski definition) is 1. The zero-order chi connectivity index (χ0) is 13.3. The van der Waals surface area contributed by atoms with Crippen molar-refractivity contribution in [2.75, 3.05) is 31.8 Å². The standard InChI is InChI=1S/C12H18N2O4S/c1-16-12(2-4-17-5-3-12)11-13-10(18-14-11)8-6-19-7-9(8)15/h8-9,15H,2-7H2,1H3. The average Bonchev–Trinajstić information content (AvgIpc) is 3.08. The average molecular weight is 286 g/mol. The highest BCUT2D eigenvalue weighted by Gasteiger charge is 2.41. The summed E-state index contributed by atoms with van der Waals surface area (Å²) in [5, 5.41) is 14.0. The third kappa shape index (κ3) is 2.40. The maximum Gasteiger partial charge on any atom is 0.233 e. The number of rotatable bonds is 3. The SMILES string of the molecule is COC1(c2noc(C3CSCC3O)n2)CCOCC1. The van der Waals surface area contributed by atoms with E-state index in [1.807, 2.05) is 0 Å². The van der Waals surface area contributed by atoms with Crippen LogP contribution in [0.5, 0.6) is 0 Å². The molecule has 19 heavy (non-hydrogen) atoms. The van der Waals surface area contributed by atoms with Gasteiger partial charge in [0.25, 0.3) is 0 Å². The lowest BCUT2D eigenvalue weighted by Gasteiger charge is -2.32. The molecule has 0 amide bonds. The van der Waals surface area contributed by atoms with Crippen molar-refractivity contribution < 1.29 is 19.1 Å². The first-order chi connectivity index (χ1) is 9.25. The van der Waals surface area contributed by atoms with Crippen molar-refractivity contribution in [2.24, 2.45) is 0 Å². The predicted octanol–water partition coefficient (Wildman–Crippen LogP) is 0.913. The van der Waals surface area contributed by atoms with Crippen LogP contribution in [-0.2, 0) is 15.1 Å². The minimum Gasteiger partial charge on any atom is -0.391 e. The van der Waals surface area contributed by atoms with E-state index in [1.54, 1.807) is 18.9 Å². The van der Waals surface area contributed by atoms with Gasteiger partial charge in [-0.15, -0.1) is 0 Å². The molecule has 2 aliphatic heterocycles. The van der Waals surface area contributed by atoms with Crippen LogP contribution in [0.4, 0.5) is 0 Å². The van der Waals surface area contributed by atoms with Crippen LogP contribution in [0.1, 0.15) is 30.5 Å². The summed E-state index contributed by atoms with van der Waals surface area (Å²) >= 11 is 1.71. The zero-order valence-electron chi connectivity index (χ0n) is 10.9. The number of aromatic nitrogens is 2. The second kappa shape index (κ2) is 5.40. The van der Waals surface area contributed by atoms with Gasteiger partial charge in [-0.05, 0) is 0 Å². The fourth-order valence-electron chi connectivity index (χ4n) is 2.57. The fraction of sp³-hybridized carbons (Fsp3) is 0.833. The summed E-state index contributed by atoms with van der Waals surface area (Å²) in [4.78, 5) is 4.48. The number of nitrogens with zero attached hydrogens (tertiary/aromatic N) is 2. The summed E-state index contributed by atoms with van der Waals surface area (Å²) in [6, 6.07) is 0. The van der Waals surface area contributed by atoms with Gasteiger partial charge in [-0.1, -0.05) is 5.16 Å². The van der Waals surface area contributed by atoms with Crippen molar-refractivity contribution in [3.8, 4) is 0 Å². The molecule has 0 saturated carbocycles. The van der Waals surface area contributed by atoms with Gasteiger partial charge in [-0.2, -0.15) is 16.7 Å². The lowest BCUT2D eigenvalue weighted by Crippen LogP contribution is -2.36. The van der Waals surface area contributed by atoms with Crippen molar-refractivity contribution in [1.82, 2.24) is 10.1 Å².